The van der Waals surface area contributed by atoms with E-state index in [1.807, 2.05) is 6.07 Å². The highest BCUT2D eigenvalue weighted by Gasteiger charge is 2.32. The van der Waals surface area contributed by atoms with Crippen molar-refractivity contribution in [2.24, 2.45) is 0 Å². The van der Waals surface area contributed by atoms with Crippen molar-refractivity contribution in [2.45, 2.75) is 13.1 Å². The summed E-state index contributed by atoms with van der Waals surface area (Å²) < 4.78 is 38.1. The molecule has 3 rings (SSSR count). The monoisotopic (exact) mass is 364 g/mol. The molecule has 0 bridgehead atoms. The first kappa shape index (κ1) is 17.0. The Labute approximate surface area is 144 Å². The second kappa shape index (κ2) is 6.60. The fraction of sp³-hybridized carbons (Fsp3) is 0.125. The Morgan fingerprint density at radius 2 is 2.00 bits per heavy atom. The number of aromatic nitrogens is 3. The van der Waals surface area contributed by atoms with E-state index in [1.165, 1.54) is 18.3 Å². The average Bonchev–Trinajstić information content (AvgIpc) is 3.05. The Balaban J connectivity index is 1.86. The first-order valence-corrected chi connectivity index (χ1v) is 7.89. The predicted molar refractivity (Wildman–Crippen MR) is 87.9 cm³/mol. The zero-order chi connectivity index (χ0) is 18.0. The molecular formula is C16H11F3N4OS. The molecule has 0 saturated heterocycles. The highest BCUT2D eigenvalue weighted by Crippen LogP contribution is 2.30. The minimum atomic E-state index is -4.53. The van der Waals surface area contributed by atoms with Gasteiger partial charge in [0.2, 0.25) is 5.95 Å². The summed E-state index contributed by atoms with van der Waals surface area (Å²) in [6, 6.07) is 7.76. The number of Topliss-reactive ketones (excluding diaryl/α,β-unsaturated/α-hetero) is 1. The summed E-state index contributed by atoms with van der Waals surface area (Å²) in [6.07, 6.45) is -1.90. The van der Waals surface area contributed by atoms with E-state index in [-0.39, 0.29) is 11.7 Å². The molecule has 0 aliphatic heterocycles. The van der Waals surface area contributed by atoms with Crippen LogP contribution in [0, 0.1) is 0 Å². The van der Waals surface area contributed by atoms with Crippen LogP contribution in [0.3, 0.4) is 0 Å². The molecule has 25 heavy (non-hydrogen) atoms. The van der Waals surface area contributed by atoms with Crippen molar-refractivity contribution >= 4 is 28.8 Å². The van der Waals surface area contributed by atoms with Crippen molar-refractivity contribution in [3.05, 3.63) is 53.4 Å². The van der Waals surface area contributed by atoms with E-state index < -0.39 is 11.9 Å². The van der Waals surface area contributed by atoms with Crippen LogP contribution in [0.1, 0.15) is 22.4 Å². The molecule has 0 spiro atoms. The predicted octanol–water partition coefficient (Wildman–Crippen LogP) is 4.57. The third-order valence-electron chi connectivity index (χ3n) is 3.16. The molecule has 1 N–H and O–H groups in total. The van der Waals surface area contributed by atoms with Crippen LogP contribution in [-0.4, -0.2) is 20.7 Å². The largest absolute Gasteiger partial charge is 0.433 e. The van der Waals surface area contributed by atoms with E-state index >= 15 is 0 Å². The summed E-state index contributed by atoms with van der Waals surface area (Å²) in [6.45, 7) is 1.44. The zero-order valence-corrected chi connectivity index (χ0v) is 13.6. The molecule has 0 amide bonds. The second-order valence-corrected chi connectivity index (χ2v) is 6.09. The Morgan fingerprint density at radius 3 is 2.68 bits per heavy atom. The number of hydrogen-bond donors (Lipinski definition) is 1. The number of alkyl halides is 3. The van der Waals surface area contributed by atoms with Gasteiger partial charge in [-0.1, -0.05) is 12.1 Å². The molecule has 0 atom stereocenters. The third kappa shape index (κ3) is 4.00. The molecule has 0 aliphatic rings. The molecule has 9 heteroatoms. The van der Waals surface area contributed by atoms with Crippen LogP contribution in [0.25, 0.3) is 10.4 Å². The number of benzene rings is 1. The maximum Gasteiger partial charge on any atom is 0.433 e. The van der Waals surface area contributed by atoms with Crippen molar-refractivity contribution in [1.29, 1.82) is 0 Å². The minimum Gasteiger partial charge on any atom is -0.324 e. The smallest absolute Gasteiger partial charge is 0.324 e. The molecule has 2 aromatic heterocycles. The van der Waals surface area contributed by atoms with Crippen LogP contribution >= 0.6 is 11.3 Å². The van der Waals surface area contributed by atoms with Gasteiger partial charge < -0.3 is 5.32 Å². The Kier molecular flexibility index (Phi) is 4.49. The summed E-state index contributed by atoms with van der Waals surface area (Å²) in [5.74, 6) is -0.274. The van der Waals surface area contributed by atoms with Crippen LogP contribution in [-0.2, 0) is 6.18 Å². The van der Waals surface area contributed by atoms with Gasteiger partial charge in [0, 0.05) is 25.0 Å². The van der Waals surface area contributed by atoms with Crippen LogP contribution in [0.5, 0.6) is 0 Å². The van der Waals surface area contributed by atoms with Gasteiger partial charge >= 0.3 is 6.18 Å². The number of thiazole rings is 1. The number of carbonyl (C=O) groups is 1. The van der Waals surface area contributed by atoms with E-state index in [0.29, 0.717) is 10.7 Å². The Hall–Kier alpha value is -2.81. The molecule has 1 aromatic carbocycles. The molecule has 128 valence electrons. The van der Waals surface area contributed by atoms with E-state index in [2.05, 4.69) is 20.3 Å². The summed E-state index contributed by atoms with van der Waals surface area (Å²) >= 11 is 1.25. The maximum atomic E-state index is 12.7. The quantitative estimate of drug-likeness (QED) is 0.687. The van der Waals surface area contributed by atoms with Crippen LogP contribution in [0.2, 0.25) is 0 Å². The van der Waals surface area contributed by atoms with Gasteiger partial charge in [-0.25, -0.2) is 15.0 Å². The molecule has 3 aromatic rings. The fourth-order valence-corrected chi connectivity index (χ4v) is 2.83. The normalized spacial score (nSPS) is 11.4. The first-order valence-electron chi connectivity index (χ1n) is 7.07. The first-order chi connectivity index (χ1) is 11.8. The van der Waals surface area contributed by atoms with Crippen molar-refractivity contribution in [3.63, 3.8) is 0 Å². The SMILES string of the molecule is CC(=O)c1ncc(-c2cccc(Nc3nccc(C(F)(F)F)n3)c2)s1. The third-order valence-corrected chi connectivity index (χ3v) is 4.30. The number of anilines is 2. The second-order valence-electron chi connectivity index (χ2n) is 5.05. The van der Waals surface area contributed by atoms with Gasteiger partial charge in [-0.05, 0) is 23.8 Å². The van der Waals surface area contributed by atoms with Crippen LogP contribution in [0.4, 0.5) is 24.8 Å². The molecule has 0 aliphatic carbocycles. The number of nitrogens with one attached hydrogen (secondary N) is 1. The molecule has 0 radical (unpaired) electrons. The van der Waals surface area contributed by atoms with Crippen LogP contribution in [0.15, 0.2) is 42.7 Å². The molecule has 0 saturated carbocycles. The van der Waals surface area contributed by atoms with E-state index in [0.717, 1.165) is 22.7 Å². The highest BCUT2D eigenvalue weighted by atomic mass is 32.1. The van der Waals surface area contributed by atoms with Gasteiger partial charge in [0.05, 0.1) is 4.88 Å². The lowest BCUT2D eigenvalue weighted by Crippen LogP contribution is -2.10. The summed E-state index contributed by atoms with van der Waals surface area (Å²) in [5.41, 5.74) is 0.284. The topological polar surface area (TPSA) is 67.8 Å². The van der Waals surface area contributed by atoms with E-state index in [9.17, 15) is 18.0 Å². The lowest BCUT2D eigenvalue weighted by molar-refractivity contribution is -0.141. The van der Waals surface area contributed by atoms with Crippen molar-refractivity contribution in [3.8, 4) is 10.4 Å². The van der Waals surface area contributed by atoms with Crippen molar-refractivity contribution < 1.29 is 18.0 Å². The summed E-state index contributed by atoms with van der Waals surface area (Å²) in [7, 11) is 0. The van der Waals surface area contributed by atoms with Gasteiger partial charge in [0.1, 0.15) is 5.69 Å². The van der Waals surface area contributed by atoms with Gasteiger partial charge in [-0.3, -0.25) is 4.79 Å². The molecular weight excluding hydrogens is 353 g/mol. The summed E-state index contributed by atoms with van der Waals surface area (Å²) in [5, 5.41) is 3.15. The summed E-state index contributed by atoms with van der Waals surface area (Å²) in [4.78, 5) is 23.4. The Bertz CT molecular complexity index is 923. The molecule has 0 unspecified atom stereocenters. The van der Waals surface area contributed by atoms with Crippen molar-refractivity contribution in [1.82, 2.24) is 15.0 Å². The van der Waals surface area contributed by atoms with Gasteiger partial charge in [-0.2, -0.15) is 13.2 Å². The van der Waals surface area contributed by atoms with Gasteiger partial charge in [0.15, 0.2) is 10.8 Å². The zero-order valence-electron chi connectivity index (χ0n) is 12.8. The minimum absolute atomic E-state index is 0.122. The van der Waals surface area contributed by atoms with Crippen LogP contribution < -0.4 is 5.32 Å². The number of hydrogen-bond acceptors (Lipinski definition) is 6. The number of halogens is 3. The number of carbonyl (C=O) groups excluding carboxylic acids is 1. The lowest BCUT2D eigenvalue weighted by atomic mass is 10.2. The fourth-order valence-electron chi connectivity index (χ4n) is 2.03. The van der Waals surface area contributed by atoms with Gasteiger partial charge in [-0.15, -0.1) is 11.3 Å². The Morgan fingerprint density at radius 1 is 1.20 bits per heavy atom. The lowest BCUT2D eigenvalue weighted by Gasteiger charge is -2.09. The van der Waals surface area contributed by atoms with Gasteiger partial charge in [0.25, 0.3) is 0 Å². The van der Waals surface area contributed by atoms with E-state index in [1.54, 1.807) is 24.4 Å². The maximum absolute atomic E-state index is 12.7. The number of ketones is 1. The van der Waals surface area contributed by atoms with E-state index in [4.69, 9.17) is 0 Å². The molecule has 2 heterocycles. The molecule has 5 nitrogen and oxygen atoms in total. The molecule has 0 fully saturated rings. The highest BCUT2D eigenvalue weighted by molar-refractivity contribution is 7.17. The number of nitrogens with zero attached hydrogens (tertiary/aromatic N) is 3. The standard InChI is InChI=1S/C16H11F3N4OS/c1-9(24)14-21-8-12(25-14)10-3-2-4-11(7-10)22-15-20-6-5-13(23-15)16(17,18)19/h2-8H,1H3,(H,20,22,23). The van der Waals surface area contributed by atoms with Crippen molar-refractivity contribution in [2.75, 3.05) is 5.32 Å². The number of rotatable bonds is 4. The average molecular weight is 364 g/mol.